The molecule has 0 aliphatic carbocycles. The van der Waals surface area contributed by atoms with Gasteiger partial charge in [-0.15, -0.1) is 0 Å². The van der Waals surface area contributed by atoms with Crippen LogP contribution >= 0.6 is 0 Å². The van der Waals surface area contributed by atoms with E-state index in [1.54, 1.807) is 0 Å². The van der Waals surface area contributed by atoms with E-state index in [1.807, 2.05) is 72.9 Å². The zero-order valence-corrected chi connectivity index (χ0v) is 18.8. The largest absolute Gasteiger partial charge is 0.492 e. The van der Waals surface area contributed by atoms with Crippen molar-refractivity contribution in [3.63, 3.8) is 0 Å². The Labute approximate surface area is 190 Å². The topological polar surface area (TPSA) is 65.4 Å². The Morgan fingerprint density at radius 3 is 2.72 bits per heavy atom. The molecular formula is C26H33N3O3. The molecule has 32 heavy (non-hydrogen) atoms. The van der Waals surface area contributed by atoms with Gasteiger partial charge in [0.2, 0.25) is 0 Å². The number of likely N-dealkylation sites (tertiary alicyclic amines) is 1. The summed E-state index contributed by atoms with van der Waals surface area (Å²) in [5.41, 5.74) is 2.21. The summed E-state index contributed by atoms with van der Waals surface area (Å²) in [7, 11) is 0. The molecule has 1 saturated heterocycles. The minimum atomic E-state index is -0.726. The van der Waals surface area contributed by atoms with Crippen LogP contribution in [0.25, 0.3) is 0 Å². The first-order chi connectivity index (χ1) is 15.6. The second-order valence-corrected chi connectivity index (χ2v) is 8.02. The van der Waals surface area contributed by atoms with Crippen molar-refractivity contribution in [1.82, 2.24) is 9.91 Å². The fourth-order valence-corrected chi connectivity index (χ4v) is 3.87. The molecule has 0 unspecified atom stereocenters. The van der Waals surface area contributed by atoms with Gasteiger partial charge in [0.25, 0.3) is 0 Å². The van der Waals surface area contributed by atoms with Gasteiger partial charge in [-0.25, -0.2) is 0 Å². The van der Waals surface area contributed by atoms with E-state index in [0.29, 0.717) is 25.6 Å². The van der Waals surface area contributed by atoms with Crippen molar-refractivity contribution in [2.24, 2.45) is 5.10 Å². The molecule has 0 saturated carbocycles. The third-order valence-electron chi connectivity index (χ3n) is 5.52. The number of benzene rings is 2. The van der Waals surface area contributed by atoms with Crippen molar-refractivity contribution < 1.29 is 14.6 Å². The lowest BCUT2D eigenvalue weighted by Crippen LogP contribution is -2.35. The Hall–Kier alpha value is -3.12. The second kappa shape index (κ2) is 12.7. The maximum absolute atomic E-state index is 10.7. The van der Waals surface area contributed by atoms with Gasteiger partial charge < -0.3 is 9.84 Å². The third-order valence-corrected chi connectivity index (χ3v) is 5.52. The number of hydrazone groups is 1. The van der Waals surface area contributed by atoms with E-state index < -0.39 is 5.97 Å². The van der Waals surface area contributed by atoms with Crippen LogP contribution in [0.5, 0.6) is 5.75 Å². The zero-order chi connectivity index (χ0) is 22.6. The van der Waals surface area contributed by atoms with Crippen LogP contribution in [0.2, 0.25) is 0 Å². The second-order valence-electron chi connectivity index (χ2n) is 8.02. The number of hydrogen-bond donors (Lipinski definition) is 1. The van der Waals surface area contributed by atoms with Crippen molar-refractivity contribution in [1.29, 1.82) is 0 Å². The van der Waals surface area contributed by atoms with E-state index in [0.717, 1.165) is 42.8 Å². The van der Waals surface area contributed by atoms with E-state index in [1.165, 1.54) is 0 Å². The molecule has 0 bridgehead atoms. The molecule has 3 rings (SSSR count). The number of carboxylic acids is 1. The minimum absolute atomic E-state index is 0.227. The van der Waals surface area contributed by atoms with Crippen LogP contribution in [-0.2, 0) is 11.3 Å². The highest BCUT2D eigenvalue weighted by atomic mass is 16.5. The van der Waals surface area contributed by atoms with Crippen LogP contribution < -0.4 is 4.74 Å². The van der Waals surface area contributed by atoms with Gasteiger partial charge in [0.05, 0.1) is 12.8 Å². The highest BCUT2D eigenvalue weighted by Crippen LogP contribution is 2.20. The standard InChI is InChI=1S/C26H33N3O3/c1-2-16-29(27-19-22-8-4-3-5-9-22)20-23-12-14-25(15-13-23)32-21-24-10-6-17-28(24)18-7-11-26(30)31/h2-5,8-9,12-16,19,24H,6-7,10-11,17-18,20-21H2,1H3,(H,30,31)/b16-2-,27-19+/t24-/m1/s1. The molecule has 0 spiro atoms. The average Bonchev–Trinajstić information content (AvgIpc) is 3.25. The fraction of sp³-hybridized carbons (Fsp3) is 0.385. The first kappa shape index (κ1) is 23.5. The Bertz CT molecular complexity index is 881. The van der Waals surface area contributed by atoms with Gasteiger partial charge in [-0.1, -0.05) is 48.5 Å². The Kier molecular flexibility index (Phi) is 9.32. The van der Waals surface area contributed by atoms with Gasteiger partial charge in [-0.3, -0.25) is 14.7 Å². The number of nitrogens with zero attached hydrogens (tertiary/aromatic N) is 3. The van der Waals surface area contributed by atoms with Crippen LogP contribution in [-0.4, -0.2) is 52.9 Å². The number of rotatable bonds is 12. The van der Waals surface area contributed by atoms with E-state index >= 15 is 0 Å². The number of carboxylic acid groups (broad SMARTS) is 1. The first-order valence-electron chi connectivity index (χ1n) is 11.3. The molecule has 1 aliphatic heterocycles. The van der Waals surface area contributed by atoms with E-state index in [9.17, 15) is 4.79 Å². The summed E-state index contributed by atoms with van der Waals surface area (Å²) >= 11 is 0. The third kappa shape index (κ3) is 7.85. The summed E-state index contributed by atoms with van der Waals surface area (Å²) < 4.78 is 6.05. The van der Waals surface area contributed by atoms with Crippen molar-refractivity contribution in [3.05, 3.63) is 78.0 Å². The lowest BCUT2D eigenvalue weighted by molar-refractivity contribution is -0.137. The molecule has 0 aromatic heterocycles. The summed E-state index contributed by atoms with van der Waals surface area (Å²) in [6, 6.07) is 18.6. The molecule has 2 aromatic carbocycles. The van der Waals surface area contributed by atoms with Crippen molar-refractivity contribution in [3.8, 4) is 5.75 Å². The molecule has 170 valence electrons. The lowest BCUT2D eigenvalue weighted by Gasteiger charge is -2.24. The predicted octanol–water partition coefficient (Wildman–Crippen LogP) is 4.76. The van der Waals surface area contributed by atoms with E-state index in [-0.39, 0.29) is 6.42 Å². The quantitative estimate of drug-likeness (QED) is 0.384. The summed E-state index contributed by atoms with van der Waals surface area (Å²) in [5.74, 6) is 0.132. The van der Waals surface area contributed by atoms with Crippen LogP contribution in [0, 0.1) is 0 Å². The summed E-state index contributed by atoms with van der Waals surface area (Å²) in [5, 5.41) is 15.3. The van der Waals surface area contributed by atoms with Gasteiger partial charge in [-0.05, 0) is 62.5 Å². The monoisotopic (exact) mass is 435 g/mol. The molecule has 1 fully saturated rings. The smallest absolute Gasteiger partial charge is 0.303 e. The fourth-order valence-electron chi connectivity index (χ4n) is 3.87. The zero-order valence-electron chi connectivity index (χ0n) is 18.8. The number of carbonyl (C=O) groups is 1. The van der Waals surface area contributed by atoms with Crippen LogP contribution in [0.4, 0.5) is 0 Å². The molecule has 6 heteroatoms. The maximum atomic E-state index is 10.7. The average molecular weight is 436 g/mol. The molecule has 1 heterocycles. The molecule has 0 radical (unpaired) electrons. The van der Waals surface area contributed by atoms with Gasteiger partial charge in [0, 0.05) is 18.7 Å². The SMILES string of the molecule is C/C=C\N(Cc1ccc(OC[C@H]2CCCN2CCCC(=O)O)cc1)/N=C/c1ccccc1. The molecule has 1 aliphatic rings. The number of ether oxygens (including phenoxy) is 1. The minimum Gasteiger partial charge on any atom is -0.492 e. The Balaban J connectivity index is 1.49. The summed E-state index contributed by atoms with van der Waals surface area (Å²) in [6.45, 7) is 5.14. The van der Waals surface area contributed by atoms with E-state index in [2.05, 4.69) is 22.1 Å². The highest BCUT2D eigenvalue weighted by molar-refractivity contribution is 5.79. The number of aliphatic carboxylic acids is 1. The van der Waals surface area contributed by atoms with Crippen LogP contribution in [0.1, 0.15) is 43.7 Å². The maximum Gasteiger partial charge on any atom is 0.303 e. The van der Waals surface area contributed by atoms with Gasteiger partial charge >= 0.3 is 5.97 Å². The first-order valence-corrected chi connectivity index (χ1v) is 11.3. The van der Waals surface area contributed by atoms with Crippen molar-refractivity contribution in [2.75, 3.05) is 19.7 Å². The molecule has 6 nitrogen and oxygen atoms in total. The normalized spacial score (nSPS) is 16.7. The molecule has 0 amide bonds. The van der Waals surface area contributed by atoms with Crippen molar-refractivity contribution >= 4 is 12.2 Å². The lowest BCUT2D eigenvalue weighted by atomic mass is 10.2. The number of hydrogen-bond acceptors (Lipinski definition) is 5. The molecule has 1 atom stereocenters. The molecular weight excluding hydrogens is 402 g/mol. The highest BCUT2D eigenvalue weighted by Gasteiger charge is 2.24. The summed E-state index contributed by atoms with van der Waals surface area (Å²) in [4.78, 5) is 13.1. The van der Waals surface area contributed by atoms with E-state index in [4.69, 9.17) is 9.84 Å². The van der Waals surface area contributed by atoms with Crippen LogP contribution in [0.15, 0.2) is 72.0 Å². The van der Waals surface area contributed by atoms with Crippen molar-refractivity contribution in [2.45, 2.75) is 45.2 Å². The predicted molar refractivity (Wildman–Crippen MR) is 128 cm³/mol. The molecule has 1 N–H and O–H groups in total. The Morgan fingerprint density at radius 1 is 1.22 bits per heavy atom. The van der Waals surface area contributed by atoms with Gasteiger partial charge in [0.1, 0.15) is 12.4 Å². The summed E-state index contributed by atoms with van der Waals surface area (Å²) in [6.07, 6.45) is 8.96. The van der Waals surface area contributed by atoms with Gasteiger partial charge in [-0.2, -0.15) is 5.10 Å². The van der Waals surface area contributed by atoms with Crippen LogP contribution in [0.3, 0.4) is 0 Å². The number of allylic oxidation sites excluding steroid dienone is 1. The van der Waals surface area contributed by atoms with Gasteiger partial charge in [0.15, 0.2) is 0 Å². The Morgan fingerprint density at radius 2 is 2.00 bits per heavy atom. The molecule has 2 aromatic rings.